The Balaban J connectivity index is 1.62. The molecule has 1 N–H and O–H groups in total. The van der Waals surface area contributed by atoms with Gasteiger partial charge in [0, 0.05) is 23.2 Å². The molecule has 1 saturated heterocycles. The van der Waals surface area contributed by atoms with Crippen molar-refractivity contribution in [1.82, 2.24) is 15.1 Å². The van der Waals surface area contributed by atoms with Gasteiger partial charge < -0.3 is 4.90 Å². The van der Waals surface area contributed by atoms with E-state index in [9.17, 15) is 13.2 Å². The lowest BCUT2D eigenvalue weighted by atomic mass is 10.1. The summed E-state index contributed by atoms with van der Waals surface area (Å²) < 4.78 is 24.0. The number of carbonyl (C=O) groups is 1. The fraction of sp³-hybridized carbons (Fsp3) is 0.238. The van der Waals surface area contributed by atoms with Gasteiger partial charge in [-0.2, -0.15) is 5.10 Å². The topological polar surface area (TPSA) is 83.1 Å². The molecule has 0 bridgehead atoms. The summed E-state index contributed by atoms with van der Waals surface area (Å²) in [4.78, 5) is 14.9. The molecule has 0 aliphatic carbocycles. The van der Waals surface area contributed by atoms with Gasteiger partial charge in [-0.3, -0.25) is 9.89 Å². The number of nitrogens with zero attached hydrogens (tertiary/aromatic N) is 2. The fourth-order valence-electron chi connectivity index (χ4n) is 3.52. The van der Waals surface area contributed by atoms with Crippen LogP contribution in [0.3, 0.4) is 0 Å². The molecular formula is C21H20ClN3O3S. The van der Waals surface area contributed by atoms with E-state index in [1.165, 1.54) is 0 Å². The van der Waals surface area contributed by atoms with E-state index < -0.39 is 9.84 Å². The first-order valence-electron chi connectivity index (χ1n) is 9.28. The van der Waals surface area contributed by atoms with Crippen molar-refractivity contribution in [2.24, 2.45) is 0 Å². The molecule has 1 aliphatic rings. The summed E-state index contributed by atoms with van der Waals surface area (Å²) in [5.74, 6) is -0.164. The molecule has 29 heavy (non-hydrogen) atoms. The van der Waals surface area contributed by atoms with Crippen molar-refractivity contribution in [2.45, 2.75) is 19.0 Å². The van der Waals surface area contributed by atoms with Gasteiger partial charge in [-0.15, -0.1) is 0 Å². The minimum atomic E-state index is -3.12. The number of hydrogen-bond acceptors (Lipinski definition) is 4. The van der Waals surface area contributed by atoms with Crippen LogP contribution in [0.2, 0.25) is 5.02 Å². The maximum absolute atomic E-state index is 13.3. The van der Waals surface area contributed by atoms with Crippen LogP contribution in [0.4, 0.5) is 0 Å². The van der Waals surface area contributed by atoms with Crippen LogP contribution in [0.15, 0.2) is 60.7 Å². The Morgan fingerprint density at radius 2 is 1.86 bits per heavy atom. The zero-order chi connectivity index (χ0) is 20.4. The molecule has 2 heterocycles. The first-order chi connectivity index (χ1) is 13.9. The van der Waals surface area contributed by atoms with Crippen LogP contribution < -0.4 is 0 Å². The van der Waals surface area contributed by atoms with Crippen LogP contribution in [0.25, 0.3) is 11.3 Å². The monoisotopic (exact) mass is 429 g/mol. The number of rotatable bonds is 5. The van der Waals surface area contributed by atoms with Crippen LogP contribution in [-0.2, 0) is 16.4 Å². The second-order valence-corrected chi connectivity index (χ2v) is 9.81. The van der Waals surface area contributed by atoms with Crippen LogP contribution >= 0.6 is 11.6 Å². The first kappa shape index (κ1) is 19.7. The van der Waals surface area contributed by atoms with E-state index in [0.717, 1.165) is 11.1 Å². The molecule has 4 rings (SSSR count). The van der Waals surface area contributed by atoms with E-state index in [2.05, 4.69) is 10.2 Å². The standard InChI is InChI=1S/C21H20ClN3O3S/c22-17-8-6-16(7-9-17)19-12-20(24-23-19)21(26)25(13-15-4-2-1-3-5-15)18-10-11-29(27,28)14-18/h1-9,12,18H,10-11,13-14H2,(H,23,24). The number of nitrogens with one attached hydrogen (secondary N) is 1. The predicted molar refractivity (Wildman–Crippen MR) is 112 cm³/mol. The minimum Gasteiger partial charge on any atom is -0.329 e. The summed E-state index contributed by atoms with van der Waals surface area (Å²) in [7, 11) is -3.12. The minimum absolute atomic E-state index is 0.0102. The van der Waals surface area contributed by atoms with E-state index >= 15 is 0 Å². The second-order valence-electron chi connectivity index (χ2n) is 7.15. The van der Waals surface area contributed by atoms with Crippen molar-refractivity contribution in [1.29, 1.82) is 0 Å². The highest BCUT2D eigenvalue weighted by atomic mass is 35.5. The Hall–Kier alpha value is -2.64. The summed E-state index contributed by atoms with van der Waals surface area (Å²) in [6, 6.07) is 18.1. The third-order valence-electron chi connectivity index (χ3n) is 5.05. The van der Waals surface area contributed by atoms with Crippen molar-refractivity contribution in [3.05, 3.63) is 76.9 Å². The number of carbonyl (C=O) groups excluding carboxylic acids is 1. The normalized spacial score (nSPS) is 17.9. The predicted octanol–water partition coefficient (Wildman–Crippen LogP) is 3.56. The molecular weight excluding hydrogens is 410 g/mol. The average molecular weight is 430 g/mol. The number of aromatic amines is 1. The molecule has 1 aromatic heterocycles. The molecule has 0 spiro atoms. The maximum atomic E-state index is 13.3. The average Bonchev–Trinajstić information content (AvgIpc) is 3.34. The molecule has 8 heteroatoms. The summed E-state index contributed by atoms with van der Waals surface area (Å²) in [5, 5.41) is 7.68. The Morgan fingerprint density at radius 1 is 1.14 bits per heavy atom. The lowest BCUT2D eigenvalue weighted by Crippen LogP contribution is -2.40. The fourth-order valence-corrected chi connectivity index (χ4v) is 5.38. The Kier molecular flexibility index (Phi) is 5.43. The van der Waals surface area contributed by atoms with Gasteiger partial charge in [0.05, 0.1) is 17.2 Å². The van der Waals surface area contributed by atoms with Gasteiger partial charge in [0.1, 0.15) is 5.69 Å². The molecule has 0 saturated carbocycles. The molecule has 1 amide bonds. The number of aromatic nitrogens is 2. The van der Waals surface area contributed by atoms with Gasteiger partial charge in [0.2, 0.25) is 0 Å². The highest BCUT2D eigenvalue weighted by Gasteiger charge is 2.35. The Labute approximate surface area is 174 Å². The number of halogens is 1. The molecule has 3 aromatic rings. The number of amides is 1. The van der Waals surface area contributed by atoms with Crippen LogP contribution in [0.1, 0.15) is 22.5 Å². The summed E-state index contributed by atoms with van der Waals surface area (Å²) in [5.41, 5.74) is 2.74. The van der Waals surface area contributed by atoms with Crippen LogP contribution in [-0.4, -0.2) is 47.0 Å². The molecule has 2 aromatic carbocycles. The van der Waals surface area contributed by atoms with Gasteiger partial charge in [-0.25, -0.2) is 8.42 Å². The first-order valence-corrected chi connectivity index (χ1v) is 11.5. The quantitative estimate of drug-likeness (QED) is 0.672. The lowest BCUT2D eigenvalue weighted by Gasteiger charge is -2.28. The van der Waals surface area contributed by atoms with Gasteiger partial charge in [-0.05, 0) is 30.2 Å². The van der Waals surface area contributed by atoms with Crippen molar-refractivity contribution < 1.29 is 13.2 Å². The van der Waals surface area contributed by atoms with E-state index in [1.807, 2.05) is 42.5 Å². The highest BCUT2D eigenvalue weighted by molar-refractivity contribution is 7.91. The van der Waals surface area contributed by atoms with Crippen LogP contribution in [0, 0.1) is 0 Å². The number of hydrogen-bond donors (Lipinski definition) is 1. The van der Waals surface area contributed by atoms with Crippen molar-refractivity contribution >= 4 is 27.3 Å². The largest absolute Gasteiger partial charge is 0.329 e. The third kappa shape index (κ3) is 4.52. The molecule has 1 fully saturated rings. The molecule has 150 valence electrons. The highest BCUT2D eigenvalue weighted by Crippen LogP contribution is 2.24. The lowest BCUT2D eigenvalue weighted by molar-refractivity contribution is 0.0675. The van der Waals surface area contributed by atoms with Crippen LogP contribution in [0.5, 0.6) is 0 Å². The van der Waals surface area contributed by atoms with Crippen molar-refractivity contribution in [3.8, 4) is 11.3 Å². The smallest absolute Gasteiger partial charge is 0.272 e. The Morgan fingerprint density at radius 3 is 2.52 bits per heavy atom. The molecule has 1 aliphatic heterocycles. The number of benzene rings is 2. The molecule has 6 nitrogen and oxygen atoms in total. The summed E-state index contributed by atoms with van der Waals surface area (Å²) in [6.07, 6.45) is 0.444. The van der Waals surface area contributed by atoms with Gasteiger partial charge >= 0.3 is 0 Å². The zero-order valence-electron chi connectivity index (χ0n) is 15.6. The van der Waals surface area contributed by atoms with Gasteiger partial charge in [-0.1, -0.05) is 54.1 Å². The van der Waals surface area contributed by atoms with E-state index in [1.54, 1.807) is 23.1 Å². The van der Waals surface area contributed by atoms with Gasteiger partial charge in [0.25, 0.3) is 5.91 Å². The van der Waals surface area contributed by atoms with E-state index in [4.69, 9.17) is 11.6 Å². The Bertz CT molecular complexity index is 1110. The van der Waals surface area contributed by atoms with Gasteiger partial charge in [0.15, 0.2) is 9.84 Å². The third-order valence-corrected chi connectivity index (χ3v) is 7.06. The summed E-state index contributed by atoms with van der Waals surface area (Å²) >= 11 is 5.93. The maximum Gasteiger partial charge on any atom is 0.272 e. The molecule has 1 unspecified atom stereocenters. The van der Waals surface area contributed by atoms with E-state index in [-0.39, 0.29) is 23.5 Å². The SMILES string of the molecule is O=C(c1cc(-c2ccc(Cl)cc2)n[nH]1)N(Cc1ccccc1)C1CCS(=O)(=O)C1. The molecule has 0 radical (unpaired) electrons. The van der Waals surface area contributed by atoms with Crippen molar-refractivity contribution in [3.63, 3.8) is 0 Å². The number of H-pyrrole nitrogens is 1. The van der Waals surface area contributed by atoms with E-state index in [0.29, 0.717) is 29.4 Å². The zero-order valence-corrected chi connectivity index (χ0v) is 17.2. The number of sulfone groups is 1. The van der Waals surface area contributed by atoms with Crippen molar-refractivity contribution in [2.75, 3.05) is 11.5 Å². The second kappa shape index (κ2) is 8.00. The summed E-state index contributed by atoms with van der Waals surface area (Å²) in [6.45, 7) is 0.342. The molecule has 1 atom stereocenters.